The lowest BCUT2D eigenvalue weighted by atomic mass is 9.57. The van der Waals surface area contributed by atoms with Gasteiger partial charge >= 0.3 is 0 Å². The molecule has 6 atom stereocenters. The van der Waals surface area contributed by atoms with E-state index in [-0.39, 0.29) is 35.9 Å². The molecule has 0 spiro atoms. The predicted molar refractivity (Wildman–Crippen MR) is 178 cm³/mol. The number of hydrogen-bond acceptors (Lipinski definition) is 6. The van der Waals surface area contributed by atoms with Crippen molar-refractivity contribution in [2.45, 2.75) is 22.6 Å². The highest BCUT2D eigenvalue weighted by Crippen LogP contribution is 2.63. The van der Waals surface area contributed by atoms with Crippen LogP contribution in [0.5, 0.6) is 11.5 Å². The normalized spacial score (nSPS) is 30.0. The van der Waals surface area contributed by atoms with Crippen molar-refractivity contribution in [2.24, 2.45) is 23.7 Å². The maximum absolute atomic E-state index is 14.4. The molecule has 12 heteroatoms. The number of fused-ring (bicyclic) bond motifs is 4. The summed E-state index contributed by atoms with van der Waals surface area (Å²) in [5, 5.41) is 10.1. The fraction of sp³-hybridized carbons (Fsp3) is 0.257. The molecule has 1 saturated carbocycles. The predicted octanol–water partition coefficient (Wildman–Crippen LogP) is 6.62. The molecule has 4 aliphatic rings. The SMILES string of the molecule is COc1cc(C=CC2C3=CCC4C(=O)N(c5ccc(Br)cc5)C(=O)C4C3CC3(Cl)C(=O)N(c4ccc(F)cc4)C(=O)C23Cl)ccc1O. The van der Waals surface area contributed by atoms with Gasteiger partial charge in [-0.3, -0.25) is 24.1 Å². The maximum Gasteiger partial charge on any atom is 0.258 e. The zero-order valence-electron chi connectivity index (χ0n) is 24.7. The van der Waals surface area contributed by atoms with E-state index in [1.165, 1.54) is 30.2 Å². The van der Waals surface area contributed by atoms with Crippen molar-refractivity contribution >= 4 is 80.2 Å². The molecule has 3 aromatic rings. The number of rotatable bonds is 5. The van der Waals surface area contributed by atoms with Gasteiger partial charge in [-0.2, -0.15) is 0 Å². The van der Waals surface area contributed by atoms with Crippen LogP contribution in [0.2, 0.25) is 0 Å². The summed E-state index contributed by atoms with van der Waals surface area (Å²) in [6, 6.07) is 16.4. The molecule has 7 rings (SSSR count). The van der Waals surface area contributed by atoms with Gasteiger partial charge in [0.15, 0.2) is 21.2 Å². The van der Waals surface area contributed by atoms with E-state index in [1.807, 2.05) is 6.08 Å². The molecule has 4 amide bonds. The average molecular weight is 740 g/mol. The van der Waals surface area contributed by atoms with Crippen LogP contribution in [0.25, 0.3) is 6.08 Å². The van der Waals surface area contributed by atoms with E-state index in [4.69, 9.17) is 27.9 Å². The number of ether oxygens (including phenoxy) is 1. The van der Waals surface area contributed by atoms with E-state index >= 15 is 0 Å². The van der Waals surface area contributed by atoms with Crippen LogP contribution in [0.1, 0.15) is 18.4 Å². The van der Waals surface area contributed by atoms with Crippen molar-refractivity contribution in [3.05, 3.63) is 100 Å². The largest absolute Gasteiger partial charge is 0.504 e. The van der Waals surface area contributed by atoms with Crippen LogP contribution in [-0.4, -0.2) is 45.6 Å². The zero-order chi connectivity index (χ0) is 33.4. The second kappa shape index (κ2) is 11.3. The lowest BCUT2D eigenvalue weighted by molar-refractivity contribution is -0.125. The Balaban J connectivity index is 1.36. The molecule has 2 aliphatic carbocycles. The maximum atomic E-state index is 14.4. The first-order valence-corrected chi connectivity index (χ1v) is 16.4. The van der Waals surface area contributed by atoms with Gasteiger partial charge in [0.2, 0.25) is 11.8 Å². The Labute approximate surface area is 287 Å². The van der Waals surface area contributed by atoms with Crippen molar-refractivity contribution in [1.82, 2.24) is 0 Å². The summed E-state index contributed by atoms with van der Waals surface area (Å²) in [4.78, 5) is 54.5. The Morgan fingerprint density at radius 1 is 0.915 bits per heavy atom. The van der Waals surface area contributed by atoms with Gasteiger partial charge in [-0.1, -0.05) is 45.8 Å². The molecule has 0 bridgehead atoms. The lowest BCUT2D eigenvalue weighted by Crippen LogP contribution is -2.60. The van der Waals surface area contributed by atoms with Crippen molar-refractivity contribution in [3.63, 3.8) is 0 Å². The monoisotopic (exact) mass is 738 g/mol. The van der Waals surface area contributed by atoms with E-state index in [0.717, 1.165) is 21.5 Å². The van der Waals surface area contributed by atoms with E-state index in [0.29, 0.717) is 16.8 Å². The minimum absolute atomic E-state index is 0.0664. The number of carbonyl (C=O) groups is 4. The number of nitrogens with zero attached hydrogens (tertiary/aromatic N) is 2. The van der Waals surface area contributed by atoms with E-state index in [1.54, 1.807) is 48.6 Å². The van der Waals surface area contributed by atoms with Gasteiger partial charge in [0.1, 0.15) is 5.82 Å². The molecule has 0 radical (unpaired) electrons. The number of halogens is 4. The van der Waals surface area contributed by atoms with E-state index < -0.39 is 57.0 Å². The average Bonchev–Trinajstić information content (AvgIpc) is 3.40. The summed E-state index contributed by atoms with van der Waals surface area (Å²) in [6.07, 6.45) is 5.22. The molecule has 240 valence electrons. The fourth-order valence-electron chi connectivity index (χ4n) is 7.50. The number of aromatic hydroxyl groups is 1. The molecular formula is C35H26BrCl2FN2O6. The number of methoxy groups -OCH3 is 1. The van der Waals surface area contributed by atoms with Gasteiger partial charge < -0.3 is 9.84 Å². The summed E-state index contributed by atoms with van der Waals surface area (Å²) >= 11 is 18.1. The van der Waals surface area contributed by atoms with Crippen molar-refractivity contribution in [3.8, 4) is 11.5 Å². The Kier molecular flexibility index (Phi) is 7.61. The second-order valence-corrected chi connectivity index (χ2v) is 14.2. The molecule has 1 N–H and O–H groups in total. The van der Waals surface area contributed by atoms with Gasteiger partial charge in [0.25, 0.3) is 11.8 Å². The van der Waals surface area contributed by atoms with Gasteiger partial charge in [0, 0.05) is 10.4 Å². The molecule has 2 heterocycles. The topological polar surface area (TPSA) is 104 Å². The summed E-state index contributed by atoms with van der Waals surface area (Å²) in [7, 11) is 1.41. The number of hydrogen-bond donors (Lipinski definition) is 1. The highest BCUT2D eigenvalue weighted by molar-refractivity contribution is 9.10. The Hall–Kier alpha value is -3.99. The number of imide groups is 2. The van der Waals surface area contributed by atoms with Crippen LogP contribution in [0.15, 0.2) is 88.9 Å². The Morgan fingerprint density at radius 2 is 1.57 bits per heavy atom. The third-order valence-corrected chi connectivity index (χ3v) is 11.7. The van der Waals surface area contributed by atoms with Crippen LogP contribution in [0.4, 0.5) is 15.8 Å². The molecule has 47 heavy (non-hydrogen) atoms. The highest BCUT2D eigenvalue weighted by Gasteiger charge is 2.76. The summed E-state index contributed by atoms with van der Waals surface area (Å²) in [5.74, 6) is -6.00. The minimum atomic E-state index is -2.04. The molecule has 2 aliphatic heterocycles. The number of carbonyl (C=O) groups excluding carboxylic acids is 4. The molecule has 3 fully saturated rings. The first kappa shape index (κ1) is 31.6. The Bertz CT molecular complexity index is 1920. The highest BCUT2D eigenvalue weighted by atomic mass is 79.9. The number of phenols is 1. The van der Waals surface area contributed by atoms with Gasteiger partial charge in [-0.05, 0) is 85.0 Å². The number of benzene rings is 3. The van der Waals surface area contributed by atoms with E-state index in [2.05, 4.69) is 15.9 Å². The molecular weight excluding hydrogens is 714 g/mol. The van der Waals surface area contributed by atoms with E-state index in [9.17, 15) is 28.7 Å². The fourth-order valence-corrected chi connectivity index (χ4v) is 8.65. The standard InChI is InChI=1S/C35H26BrCl2FN2O6/c1-47-28-16-18(3-15-27(28)42)2-14-26-23-12-13-24-29(31(44)40(30(24)43)21-8-4-19(36)5-9-21)25(23)17-34(37)32(45)41(33(46)35(26,34)38)22-10-6-20(39)7-11-22/h2-12,14-16,24-26,29,42H,13,17H2,1H3. The van der Waals surface area contributed by atoms with Crippen LogP contribution >= 0.6 is 39.1 Å². The van der Waals surface area contributed by atoms with Crippen LogP contribution in [-0.2, 0) is 19.2 Å². The smallest absolute Gasteiger partial charge is 0.258 e. The van der Waals surface area contributed by atoms with Crippen molar-refractivity contribution in [2.75, 3.05) is 16.9 Å². The van der Waals surface area contributed by atoms with Crippen LogP contribution < -0.4 is 14.5 Å². The number of allylic oxidation sites excluding steroid dienone is 3. The molecule has 6 unspecified atom stereocenters. The first-order chi connectivity index (χ1) is 22.4. The van der Waals surface area contributed by atoms with Gasteiger partial charge in [-0.15, -0.1) is 23.2 Å². The number of anilines is 2. The quantitative estimate of drug-likeness (QED) is 0.179. The van der Waals surface area contributed by atoms with Crippen LogP contribution in [0.3, 0.4) is 0 Å². The van der Waals surface area contributed by atoms with Crippen molar-refractivity contribution < 1.29 is 33.4 Å². The molecule has 2 saturated heterocycles. The van der Waals surface area contributed by atoms with Crippen LogP contribution in [0, 0.1) is 29.5 Å². The van der Waals surface area contributed by atoms with Crippen molar-refractivity contribution in [1.29, 1.82) is 0 Å². The summed E-state index contributed by atoms with van der Waals surface area (Å²) in [5.41, 5.74) is 1.75. The van der Waals surface area contributed by atoms with Gasteiger partial charge in [0.05, 0.1) is 30.3 Å². The zero-order valence-corrected chi connectivity index (χ0v) is 27.8. The lowest BCUT2D eigenvalue weighted by Gasteiger charge is -2.49. The second-order valence-electron chi connectivity index (χ2n) is 12.1. The Morgan fingerprint density at radius 3 is 2.26 bits per heavy atom. The number of alkyl halides is 2. The summed E-state index contributed by atoms with van der Waals surface area (Å²) in [6.45, 7) is 0. The molecule has 3 aromatic carbocycles. The number of amides is 4. The third kappa shape index (κ3) is 4.59. The first-order valence-electron chi connectivity index (χ1n) is 14.8. The molecule has 0 aromatic heterocycles. The number of phenolic OH excluding ortho intramolecular Hbond substituents is 1. The third-order valence-electron chi connectivity index (χ3n) is 9.72. The summed E-state index contributed by atoms with van der Waals surface area (Å²) < 4.78 is 19.9. The van der Waals surface area contributed by atoms with Gasteiger partial charge in [-0.25, -0.2) is 9.29 Å². The minimum Gasteiger partial charge on any atom is -0.504 e. The molecule has 8 nitrogen and oxygen atoms in total.